The van der Waals surface area contributed by atoms with E-state index < -0.39 is 11.8 Å². The van der Waals surface area contributed by atoms with E-state index in [1.807, 2.05) is 27.7 Å². The maximum absolute atomic E-state index is 12.2. The first kappa shape index (κ1) is 18.2. The van der Waals surface area contributed by atoms with Crippen LogP contribution in [-0.2, 0) is 14.3 Å². The van der Waals surface area contributed by atoms with Crippen LogP contribution >= 0.6 is 0 Å². The summed E-state index contributed by atoms with van der Waals surface area (Å²) in [6, 6.07) is -0.781. The van der Waals surface area contributed by atoms with Gasteiger partial charge in [0.05, 0.1) is 18.8 Å². The first-order chi connectivity index (χ1) is 10.8. The van der Waals surface area contributed by atoms with Crippen molar-refractivity contribution in [1.29, 1.82) is 0 Å². The monoisotopic (exact) mass is 327 g/mol. The molecule has 0 unspecified atom stereocenters. The molecule has 2 heterocycles. The quantitative estimate of drug-likeness (QED) is 0.808. The Bertz CT molecular complexity index is 433. The summed E-state index contributed by atoms with van der Waals surface area (Å²) in [7, 11) is 0. The number of imide groups is 1. The minimum absolute atomic E-state index is 0.131. The predicted octanol–water partition coefficient (Wildman–Crippen LogP) is 1.08. The van der Waals surface area contributed by atoms with Crippen LogP contribution in [0.4, 0.5) is 4.79 Å². The summed E-state index contributed by atoms with van der Waals surface area (Å²) in [6.07, 6.45) is 1.62. The van der Waals surface area contributed by atoms with Gasteiger partial charge in [0, 0.05) is 32.5 Å². The van der Waals surface area contributed by atoms with E-state index in [-0.39, 0.29) is 18.1 Å². The number of nitrogens with one attached hydrogen (secondary N) is 2. The van der Waals surface area contributed by atoms with E-state index in [1.54, 1.807) is 0 Å². The van der Waals surface area contributed by atoms with Gasteiger partial charge in [-0.05, 0) is 19.8 Å². The average Bonchev–Trinajstić information content (AvgIpc) is 2.86. The number of rotatable bonds is 4. The summed E-state index contributed by atoms with van der Waals surface area (Å²) in [5, 5.41) is 5.09. The van der Waals surface area contributed by atoms with Crippen LogP contribution in [-0.4, -0.2) is 61.0 Å². The Morgan fingerprint density at radius 2 is 1.91 bits per heavy atom. The molecular formula is C16H29N3O4. The van der Waals surface area contributed by atoms with E-state index in [1.165, 1.54) is 0 Å². The lowest BCUT2D eigenvalue weighted by Gasteiger charge is -2.39. The second-order valence-electron chi connectivity index (χ2n) is 6.96. The van der Waals surface area contributed by atoms with Crippen molar-refractivity contribution >= 4 is 11.9 Å². The number of urea groups is 1. The molecule has 2 aliphatic heterocycles. The Morgan fingerprint density at radius 1 is 1.26 bits per heavy atom. The van der Waals surface area contributed by atoms with Crippen LogP contribution in [0.15, 0.2) is 0 Å². The topological polar surface area (TPSA) is 79.9 Å². The molecule has 0 aromatic carbocycles. The van der Waals surface area contributed by atoms with E-state index in [0.29, 0.717) is 19.1 Å². The highest BCUT2D eigenvalue weighted by atomic mass is 16.7. The van der Waals surface area contributed by atoms with Gasteiger partial charge in [0.1, 0.15) is 0 Å². The molecule has 2 rings (SSSR count). The Balaban J connectivity index is 1.76. The van der Waals surface area contributed by atoms with Gasteiger partial charge in [0.25, 0.3) is 0 Å². The Kier molecular flexibility index (Phi) is 6.00. The first-order valence-corrected chi connectivity index (χ1v) is 8.46. The summed E-state index contributed by atoms with van der Waals surface area (Å²) < 4.78 is 11.7. The van der Waals surface area contributed by atoms with Crippen molar-refractivity contribution in [2.24, 2.45) is 5.92 Å². The fourth-order valence-electron chi connectivity index (χ4n) is 2.94. The molecule has 0 aliphatic carbocycles. The lowest BCUT2D eigenvalue weighted by atomic mass is 10.0. The van der Waals surface area contributed by atoms with Crippen molar-refractivity contribution < 1.29 is 19.1 Å². The number of carbonyl (C=O) groups excluding carboxylic acids is 2. The summed E-state index contributed by atoms with van der Waals surface area (Å²) >= 11 is 0. The second kappa shape index (κ2) is 7.59. The van der Waals surface area contributed by atoms with Crippen LogP contribution < -0.4 is 10.6 Å². The van der Waals surface area contributed by atoms with Gasteiger partial charge in [-0.1, -0.05) is 13.8 Å². The molecule has 23 heavy (non-hydrogen) atoms. The highest BCUT2D eigenvalue weighted by Gasteiger charge is 2.43. The van der Waals surface area contributed by atoms with Gasteiger partial charge in [-0.2, -0.15) is 0 Å². The van der Waals surface area contributed by atoms with Crippen LogP contribution in [0.25, 0.3) is 0 Å². The van der Waals surface area contributed by atoms with E-state index in [9.17, 15) is 9.59 Å². The molecule has 1 spiro atoms. The predicted molar refractivity (Wildman–Crippen MR) is 85.9 cm³/mol. The molecule has 0 bridgehead atoms. The molecule has 2 fully saturated rings. The third-order valence-corrected chi connectivity index (χ3v) is 4.39. The maximum Gasteiger partial charge on any atom is 0.321 e. The van der Waals surface area contributed by atoms with Crippen LogP contribution in [0.5, 0.6) is 0 Å². The summed E-state index contributed by atoms with van der Waals surface area (Å²) in [4.78, 5) is 25.9. The fraction of sp³-hybridized carbons (Fsp3) is 0.875. The van der Waals surface area contributed by atoms with Crippen molar-refractivity contribution in [3.05, 3.63) is 0 Å². The Morgan fingerprint density at radius 3 is 2.43 bits per heavy atom. The molecule has 0 aromatic heterocycles. The number of carbonyl (C=O) groups is 2. The van der Waals surface area contributed by atoms with Crippen molar-refractivity contribution in [3.63, 3.8) is 0 Å². The highest BCUT2D eigenvalue weighted by molar-refractivity contribution is 5.96. The normalized spacial score (nSPS) is 25.5. The largest absolute Gasteiger partial charge is 0.347 e. The zero-order valence-corrected chi connectivity index (χ0v) is 14.6. The molecule has 2 saturated heterocycles. The van der Waals surface area contributed by atoms with E-state index in [0.717, 1.165) is 25.9 Å². The minimum Gasteiger partial charge on any atom is -0.347 e. The lowest BCUT2D eigenvalue weighted by Crippen LogP contribution is -2.54. The number of hydrogen-bond donors (Lipinski definition) is 2. The number of piperidine rings is 1. The molecule has 0 saturated carbocycles. The molecule has 2 aliphatic rings. The third-order valence-electron chi connectivity index (χ3n) is 4.39. The van der Waals surface area contributed by atoms with Crippen molar-refractivity contribution in [1.82, 2.24) is 15.5 Å². The summed E-state index contributed by atoms with van der Waals surface area (Å²) in [6.45, 7) is 10.4. The molecule has 132 valence electrons. The average molecular weight is 327 g/mol. The zero-order valence-electron chi connectivity index (χ0n) is 14.6. The van der Waals surface area contributed by atoms with Gasteiger partial charge in [-0.25, -0.2) is 4.79 Å². The number of hydrogen-bond acceptors (Lipinski definition) is 5. The van der Waals surface area contributed by atoms with Crippen LogP contribution in [0, 0.1) is 5.92 Å². The number of nitrogens with zero attached hydrogens (tertiary/aromatic N) is 1. The van der Waals surface area contributed by atoms with Gasteiger partial charge in [-0.15, -0.1) is 0 Å². The second-order valence-corrected chi connectivity index (χ2v) is 6.96. The van der Waals surface area contributed by atoms with Crippen LogP contribution in [0.3, 0.4) is 0 Å². The lowest BCUT2D eigenvalue weighted by molar-refractivity contribution is -0.195. The number of likely N-dealkylation sites (tertiary alicyclic amines) is 1. The molecule has 7 heteroatoms. The van der Waals surface area contributed by atoms with Gasteiger partial charge in [0.2, 0.25) is 5.91 Å². The molecule has 0 aromatic rings. The molecular weight excluding hydrogens is 298 g/mol. The van der Waals surface area contributed by atoms with Crippen molar-refractivity contribution in [2.75, 3.05) is 26.2 Å². The molecule has 3 amide bonds. The van der Waals surface area contributed by atoms with Crippen LogP contribution in [0.1, 0.15) is 40.5 Å². The van der Waals surface area contributed by atoms with Crippen molar-refractivity contribution in [2.45, 2.75) is 58.5 Å². The summed E-state index contributed by atoms with van der Waals surface area (Å²) in [5.41, 5.74) is 0. The maximum atomic E-state index is 12.2. The zero-order chi connectivity index (χ0) is 17.0. The van der Waals surface area contributed by atoms with Gasteiger partial charge in [0.15, 0.2) is 5.79 Å². The van der Waals surface area contributed by atoms with Gasteiger partial charge >= 0.3 is 6.03 Å². The summed E-state index contributed by atoms with van der Waals surface area (Å²) in [5.74, 6) is -0.398. The van der Waals surface area contributed by atoms with Gasteiger partial charge in [-0.3, -0.25) is 15.0 Å². The van der Waals surface area contributed by atoms with Crippen molar-refractivity contribution in [3.8, 4) is 0 Å². The SMILES string of the molecule is CC(C)CNC(=O)NC(=O)[C@H](C)N1CCC2(CC1)OC[C@H](C)O2. The standard InChI is InChI=1S/C16H29N3O4/c1-11(2)9-17-15(21)18-14(20)13(4)19-7-5-16(6-8-19)22-10-12(3)23-16/h11-13H,5-10H2,1-4H3,(H2,17,18,20,21)/t12-,13-/m0/s1. The molecule has 2 atom stereocenters. The fourth-order valence-corrected chi connectivity index (χ4v) is 2.94. The Hall–Kier alpha value is -1.18. The highest BCUT2D eigenvalue weighted by Crippen LogP contribution is 2.34. The smallest absolute Gasteiger partial charge is 0.321 e. The number of amides is 3. The molecule has 2 N–H and O–H groups in total. The van der Waals surface area contributed by atoms with Crippen LogP contribution in [0.2, 0.25) is 0 Å². The first-order valence-electron chi connectivity index (χ1n) is 8.46. The van der Waals surface area contributed by atoms with Gasteiger partial charge < -0.3 is 14.8 Å². The number of ether oxygens (including phenoxy) is 2. The van der Waals surface area contributed by atoms with E-state index in [2.05, 4.69) is 15.5 Å². The Labute approximate surface area is 138 Å². The minimum atomic E-state index is -0.471. The van der Waals surface area contributed by atoms with E-state index in [4.69, 9.17) is 9.47 Å². The molecule has 0 radical (unpaired) electrons. The third kappa shape index (κ3) is 4.89. The van der Waals surface area contributed by atoms with E-state index >= 15 is 0 Å². The molecule has 7 nitrogen and oxygen atoms in total.